The van der Waals surface area contributed by atoms with Crippen LogP contribution in [0, 0.1) is 0 Å². The zero-order valence-electron chi connectivity index (χ0n) is 55.9. The molecule has 0 bridgehead atoms. The van der Waals surface area contributed by atoms with E-state index in [-0.39, 0.29) is 0 Å². The van der Waals surface area contributed by atoms with Crippen LogP contribution in [-0.2, 0) is 0 Å². The smallest absolute Gasteiger partial charge is 0.124 e. The van der Waals surface area contributed by atoms with E-state index in [1.165, 1.54) is 32.7 Å². The van der Waals surface area contributed by atoms with Crippen molar-refractivity contribution in [2.75, 3.05) is 0 Å². The number of aromatic nitrogens is 5. The van der Waals surface area contributed by atoms with Crippen molar-refractivity contribution in [1.82, 2.24) is 24.9 Å². The second-order valence-electron chi connectivity index (χ2n) is 26.0. The van der Waals surface area contributed by atoms with E-state index in [4.69, 9.17) is 19.9 Å². The molecule has 0 aliphatic rings. The first kappa shape index (κ1) is 62.5. The molecule has 0 N–H and O–H groups in total. The van der Waals surface area contributed by atoms with Crippen molar-refractivity contribution < 1.29 is 0 Å². The van der Waals surface area contributed by atoms with Crippen LogP contribution in [-0.4, -0.2) is 24.9 Å². The summed E-state index contributed by atoms with van der Waals surface area (Å²) in [4.78, 5) is 27.8. The Labute approximate surface area is 618 Å². The Bertz CT molecular complexity index is 6400. The third kappa shape index (κ3) is 12.2. The summed E-state index contributed by atoms with van der Waals surface area (Å²) in [5.41, 5.74) is 26.3. The van der Waals surface area contributed by atoms with Crippen LogP contribution in [0.25, 0.3) is 172 Å². The van der Waals surface area contributed by atoms with Gasteiger partial charge in [-0.05, 0) is 219 Å². The zero-order chi connectivity index (χ0) is 68.9. The van der Waals surface area contributed by atoms with Crippen molar-refractivity contribution in [2.45, 2.75) is 0 Å². The van der Waals surface area contributed by atoms with Crippen LogP contribution < -0.4 is 0 Å². The zero-order valence-corrected chi connectivity index (χ0v) is 59.2. The highest BCUT2D eigenvalue weighted by Crippen LogP contribution is 2.46. The van der Waals surface area contributed by atoms with Gasteiger partial charge in [0.15, 0.2) is 0 Å². The second kappa shape index (κ2) is 27.1. The maximum atomic E-state index is 5.42. The molecule has 5 heterocycles. The Morgan fingerprint density at radius 1 is 0.231 bits per heavy atom. The maximum Gasteiger partial charge on any atom is 0.124 e. The van der Waals surface area contributed by atoms with E-state index in [1.807, 2.05) is 30.9 Å². The van der Waals surface area contributed by atoms with E-state index in [9.17, 15) is 0 Å². The number of rotatable bonds is 15. The van der Waals surface area contributed by atoms with Crippen LogP contribution in [0.4, 0.5) is 0 Å². The quantitative estimate of drug-likeness (QED) is 0.0756. The number of hydrogen-bond acceptors (Lipinski definition) is 9. The average Bonchev–Trinajstić information content (AvgIpc) is 1.28. The van der Waals surface area contributed by atoms with Crippen molar-refractivity contribution in [3.63, 3.8) is 0 Å². The summed E-state index contributed by atoms with van der Waals surface area (Å²) in [5.74, 6) is 0. The lowest BCUT2D eigenvalue weighted by Crippen LogP contribution is -1.98. The number of benzene rings is 14. The fourth-order valence-electron chi connectivity index (χ4n) is 14.4. The first-order chi connectivity index (χ1) is 51.5. The van der Waals surface area contributed by atoms with Crippen molar-refractivity contribution in [3.05, 3.63) is 381 Å². The van der Waals surface area contributed by atoms with E-state index in [0.29, 0.717) is 0 Å². The fraction of sp³-hybridized carbons (Fsp3) is 0. The molecule has 0 radical (unpaired) electrons. The summed E-state index contributed by atoms with van der Waals surface area (Å²) >= 11 is 6.87. The van der Waals surface area contributed by atoms with Gasteiger partial charge in [-0.15, -0.1) is 45.3 Å². The first-order valence-corrected chi connectivity index (χ1v) is 37.9. The fourth-order valence-corrected chi connectivity index (χ4v) is 18.1. The lowest BCUT2D eigenvalue weighted by Gasteiger charge is -2.19. The molecular formula is C95H59N5S4. The first-order valence-electron chi connectivity index (χ1n) is 34.6. The Balaban J connectivity index is 0.685. The molecule has 5 nitrogen and oxygen atoms in total. The number of fused-ring (bicyclic) bond motifs is 5. The monoisotopic (exact) mass is 1400 g/mol. The standard InChI is InChI=1S/C95H59N5S4/c1-5-22-60(23-6-1)88-58-97-92(103-88)76-49-71(65-32-20-34-69(45-65)91(63-28-11-4-12-29-63)90(61-24-7-2-8-25-61)62-26-9-3-10-27-62)50-77(53-76)93-98-59-89(104-93)68-33-19-31-64(44-68)66-41-42-85-87(56-66)102-95(100-85)79-52-74(51-78(54-79)94-99-84-39-17-18-40-86(84)101-94)73-46-72(70-35-21-43-96-57-70)47-75(48-73)83-55-67-30-13-14-36-80(67)81-37-15-16-38-82(81)83/h1-59H. The van der Waals surface area contributed by atoms with Crippen LogP contribution >= 0.6 is 45.3 Å². The van der Waals surface area contributed by atoms with E-state index in [1.54, 1.807) is 45.3 Å². The molecule has 0 amide bonds. The molecular weight excluding hydrogens is 1340 g/mol. The van der Waals surface area contributed by atoms with Gasteiger partial charge < -0.3 is 0 Å². The van der Waals surface area contributed by atoms with Gasteiger partial charge in [0, 0.05) is 52.6 Å². The maximum absolute atomic E-state index is 5.42. The number of hydrogen-bond donors (Lipinski definition) is 0. The molecule has 9 heteroatoms. The molecule has 0 saturated carbocycles. The summed E-state index contributed by atoms with van der Waals surface area (Å²) in [6.45, 7) is 0. The van der Waals surface area contributed by atoms with Gasteiger partial charge in [0.2, 0.25) is 0 Å². The third-order valence-corrected chi connectivity index (χ3v) is 23.7. The molecule has 488 valence electrons. The van der Waals surface area contributed by atoms with Crippen molar-refractivity contribution in [1.29, 1.82) is 0 Å². The van der Waals surface area contributed by atoms with E-state index in [2.05, 4.69) is 333 Å². The van der Waals surface area contributed by atoms with Crippen LogP contribution in [0.15, 0.2) is 358 Å². The highest BCUT2D eigenvalue weighted by Gasteiger charge is 2.22. The molecule has 0 saturated heterocycles. The Morgan fingerprint density at radius 3 is 1.31 bits per heavy atom. The highest BCUT2D eigenvalue weighted by atomic mass is 32.1. The van der Waals surface area contributed by atoms with Crippen molar-refractivity contribution in [2.24, 2.45) is 0 Å². The number of pyridine rings is 1. The SMILES string of the molecule is c1ccc(C(=C(c2ccccc2)c2cccc(-c3cc(-c4ncc(-c5ccccc5)s4)cc(-c4ncc(-c5cccc(-c6ccc7nc(-c8cc(-c9cc(-c%10cccnc%10)cc(-c%10cc%11ccccc%11c%11ccccc%10%11)c9)cc(-c9nc%10ccccc%10s9)c8)sc7c6)c5)s4)c3)c2)c2ccccc2)cc1. The van der Waals surface area contributed by atoms with Gasteiger partial charge in [-0.1, -0.05) is 231 Å². The largest absolute Gasteiger partial charge is 0.264 e. The van der Waals surface area contributed by atoms with Gasteiger partial charge >= 0.3 is 0 Å². The molecule has 0 aliphatic carbocycles. The van der Waals surface area contributed by atoms with Gasteiger partial charge in [0.25, 0.3) is 0 Å². The molecule has 0 unspecified atom stereocenters. The van der Waals surface area contributed by atoms with Gasteiger partial charge in [0.05, 0.1) is 30.2 Å². The molecule has 14 aromatic carbocycles. The Hall–Kier alpha value is -12.5. The predicted octanol–water partition coefficient (Wildman–Crippen LogP) is 26.9. The van der Waals surface area contributed by atoms with Crippen LogP contribution in [0.5, 0.6) is 0 Å². The van der Waals surface area contributed by atoms with Gasteiger partial charge in [-0.3, -0.25) is 4.98 Å². The summed E-state index contributed by atoms with van der Waals surface area (Å²) in [7, 11) is 0. The van der Waals surface area contributed by atoms with Gasteiger partial charge in [-0.2, -0.15) is 0 Å². The molecule has 0 atom stereocenters. The van der Waals surface area contributed by atoms with Gasteiger partial charge in [-0.25, -0.2) is 19.9 Å². The van der Waals surface area contributed by atoms with Crippen molar-refractivity contribution in [3.8, 4) is 119 Å². The van der Waals surface area contributed by atoms with Crippen LogP contribution in [0.3, 0.4) is 0 Å². The van der Waals surface area contributed by atoms with E-state index < -0.39 is 0 Å². The summed E-state index contributed by atoms with van der Waals surface area (Å²) in [6, 6.07) is 121. The minimum Gasteiger partial charge on any atom is -0.264 e. The lowest BCUT2D eigenvalue weighted by atomic mass is 9.85. The number of para-hydroxylation sites is 1. The van der Waals surface area contributed by atoms with E-state index in [0.717, 1.165) is 161 Å². The molecule has 19 aromatic rings. The third-order valence-electron chi connectivity index (χ3n) is 19.3. The summed E-state index contributed by atoms with van der Waals surface area (Å²) in [6.07, 6.45) is 7.84. The van der Waals surface area contributed by atoms with Crippen LogP contribution in [0.2, 0.25) is 0 Å². The molecule has 104 heavy (non-hydrogen) atoms. The molecule has 0 fully saturated rings. The van der Waals surface area contributed by atoms with E-state index >= 15 is 0 Å². The minimum atomic E-state index is 0.930. The lowest BCUT2D eigenvalue weighted by molar-refractivity contribution is 1.33. The number of thiazole rings is 4. The van der Waals surface area contributed by atoms with Crippen LogP contribution in [0.1, 0.15) is 22.3 Å². The highest BCUT2D eigenvalue weighted by molar-refractivity contribution is 7.22. The molecule has 0 aliphatic heterocycles. The normalized spacial score (nSPS) is 11.5. The molecule has 5 aromatic heterocycles. The molecule has 19 rings (SSSR count). The second-order valence-corrected chi connectivity index (χ2v) is 30.1. The van der Waals surface area contributed by atoms with Crippen molar-refractivity contribution >= 4 is 98.5 Å². The summed E-state index contributed by atoms with van der Waals surface area (Å²) < 4.78 is 2.26. The minimum absolute atomic E-state index is 0.930. The number of nitrogens with zero attached hydrogens (tertiary/aromatic N) is 5. The Kier molecular flexibility index (Phi) is 16.3. The molecule has 0 spiro atoms. The topological polar surface area (TPSA) is 64.5 Å². The average molecular weight is 1400 g/mol. The Morgan fingerprint density at radius 2 is 0.663 bits per heavy atom. The summed E-state index contributed by atoms with van der Waals surface area (Å²) in [5, 5.41) is 8.68. The predicted molar refractivity (Wildman–Crippen MR) is 441 cm³/mol. The van der Waals surface area contributed by atoms with Gasteiger partial charge in [0.1, 0.15) is 20.0 Å².